The highest BCUT2D eigenvalue weighted by atomic mass is 32.1. The molecule has 0 aliphatic rings. The minimum atomic E-state index is -0.998. The number of nitro benzene ring substituents is 1. The molecule has 1 aromatic carbocycles. The third kappa shape index (κ3) is 4.77. The van der Waals surface area contributed by atoms with E-state index in [2.05, 4.69) is 0 Å². The average molecular weight is 408 g/mol. The first-order valence-electron chi connectivity index (χ1n) is 8.13. The van der Waals surface area contributed by atoms with E-state index in [9.17, 15) is 19.7 Å². The van der Waals surface area contributed by atoms with Gasteiger partial charge in [-0.15, -0.1) is 11.3 Å². The van der Waals surface area contributed by atoms with Gasteiger partial charge in [-0.2, -0.15) is 0 Å². The van der Waals surface area contributed by atoms with Crippen molar-refractivity contribution in [2.75, 3.05) is 27.9 Å². The molecule has 1 amide bonds. The summed E-state index contributed by atoms with van der Waals surface area (Å²) < 4.78 is 15.1. The number of carbonyl (C=O) groups excluding carboxylic acids is 2. The van der Waals surface area contributed by atoms with Crippen molar-refractivity contribution in [3.8, 4) is 11.5 Å². The number of ether oxygens (including phenoxy) is 3. The summed E-state index contributed by atoms with van der Waals surface area (Å²) in [5.74, 6) is -1.18. The van der Waals surface area contributed by atoms with E-state index in [-0.39, 0.29) is 17.1 Å². The van der Waals surface area contributed by atoms with Gasteiger partial charge in [-0.1, -0.05) is 0 Å². The minimum absolute atomic E-state index is 0.105. The number of amides is 1. The van der Waals surface area contributed by atoms with Crippen molar-refractivity contribution < 1.29 is 28.7 Å². The molecule has 2 rings (SSSR count). The molecule has 10 heteroatoms. The van der Waals surface area contributed by atoms with Crippen LogP contribution in [0.2, 0.25) is 0 Å². The van der Waals surface area contributed by atoms with Gasteiger partial charge in [0.15, 0.2) is 18.1 Å². The van der Waals surface area contributed by atoms with E-state index in [1.807, 2.05) is 18.4 Å². The Morgan fingerprint density at radius 1 is 1.21 bits per heavy atom. The predicted octanol–water partition coefficient (Wildman–Crippen LogP) is 2.80. The van der Waals surface area contributed by atoms with Crippen molar-refractivity contribution in [2.24, 2.45) is 0 Å². The molecule has 0 saturated carbocycles. The highest BCUT2D eigenvalue weighted by Gasteiger charge is 2.26. The van der Waals surface area contributed by atoms with Crippen LogP contribution in [0.4, 0.5) is 5.69 Å². The van der Waals surface area contributed by atoms with Crippen molar-refractivity contribution >= 4 is 28.9 Å². The van der Waals surface area contributed by atoms with E-state index in [1.54, 1.807) is 7.05 Å². The molecule has 2 aromatic rings. The molecule has 28 heavy (non-hydrogen) atoms. The van der Waals surface area contributed by atoms with Gasteiger partial charge in [-0.05, 0) is 23.9 Å². The summed E-state index contributed by atoms with van der Waals surface area (Å²) in [6.45, 7) is 1.79. The highest BCUT2D eigenvalue weighted by molar-refractivity contribution is 7.10. The average Bonchev–Trinajstić information content (AvgIpc) is 3.08. The zero-order valence-corrected chi connectivity index (χ0v) is 16.7. The number of hydrogen-bond acceptors (Lipinski definition) is 8. The van der Waals surface area contributed by atoms with Crippen LogP contribution in [-0.4, -0.2) is 49.6 Å². The van der Waals surface area contributed by atoms with Gasteiger partial charge in [0, 0.05) is 18.0 Å². The molecule has 1 aromatic heterocycles. The first kappa shape index (κ1) is 21.2. The number of likely N-dealkylation sites (N-methyl/N-ethyl adjacent to an activating group) is 1. The summed E-state index contributed by atoms with van der Waals surface area (Å²) in [4.78, 5) is 37.6. The Kier molecular flexibility index (Phi) is 6.94. The second-order valence-corrected chi connectivity index (χ2v) is 6.83. The number of rotatable bonds is 8. The Hall–Kier alpha value is -3.14. The number of methoxy groups -OCH3 is 2. The summed E-state index contributed by atoms with van der Waals surface area (Å²) in [6, 6.07) is 4.18. The van der Waals surface area contributed by atoms with Crippen molar-refractivity contribution in [3.05, 3.63) is 49.7 Å². The molecule has 0 atom stereocenters. The second kappa shape index (κ2) is 9.18. The van der Waals surface area contributed by atoms with Crippen LogP contribution in [0.5, 0.6) is 11.5 Å². The fourth-order valence-electron chi connectivity index (χ4n) is 2.37. The molecule has 0 bridgehead atoms. The number of benzene rings is 1. The van der Waals surface area contributed by atoms with Gasteiger partial charge < -0.3 is 19.1 Å². The lowest BCUT2D eigenvalue weighted by atomic mass is 10.1. The molecule has 0 saturated heterocycles. The molecular formula is C18H20N2O7S. The number of nitrogens with zero attached hydrogens (tertiary/aromatic N) is 2. The van der Waals surface area contributed by atoms with Crippen LogP contribution < -0.4 is 9.47 Å². The Morgan fingerprint density at radius 3 is 2.39 bits per heavy atom. The number of hydrogen-bond donors (Lipinski definition) is 0. The number of aryl methyl sites for hydroxylation is 1. The monoisotopic (exact) mass is 408 g/mol. The zero-order chi connectivity index (χ0) is 20.8. The van der Waals surface area contributed by atoms with E-state index < -0.39 is 29.1 Å². The summed E-state index contributed by atoms with van der Waals surface area (Å²) in [7, 11) is 4.25. The van der Waals surface area contributed by atoms with Gasteiger partial charge in [0.1, 0.15) is 5.56 Å². The van der Waals surface area contributed by atoms with Gasteiger partial charge in [-0.25, -0.2) is 4.79 Å². The fourth-order valence-corrected chi connectivity index (χ4v) is 3.33. The summed E-state index contributed by atoms with van der Waals surface area (Å²) >= 11 is 1.53. The number of thiophene rings is 1. The number of nitro groups is 1. The van der Waals surface area contributed by atoms with E-state index >= 15 is 0 Å². The predicted molar refractivity (Wildman–Crippen MR) is 102 cm³/mol. The van der Waals surface area contributed by atoms with Crippen LogP contribution in [0.1, 0.15) is 20.8 Å². The van der Waals surface area contributed by atoms with Gasteiger partial charge >= 0.3 is 5.97 Å². The van der Waals surface area contributed by atoms with Gasteiger partial charge in [0.05, 0.1) is 31.8 Å². The Balaban J connectivity index is 2.10. The lowest BCUT2D eigenvalue weighted by Gasteiger charge is -2.17. The number of esters is 1. The van der Waals surface area contributed by atoms with Crippen molar-refractivity contribution in [2.45, 2.75) is 13.5 Å². The minimum Gasteiger partial charge on any atom is -0.493 e. The maximum Gasteiger partial charge on any atom is 0.345 e. The van der Waals surface area contributed by atoms with E-state index in [0.29, 0.717) is 6.54 Å². The standard InChI is InChI=1S/C18H20N2O7S/c1-11-5-6-28-16(11)9-19(2)17(21)10-27-18(22)12-7-14(25-3)15(26-4)8-13(12)20(23)24/h5-8H,9-10H2,1-4H3. The summed E-state index contributed by atoms with van der Waals surface area (Å²) in [6.07, 6.45) is 0. The quantitative estimate of drug-likeness (QED) is 0.375. The molecule has 9 nitrogen and oxygen atoms in total. The molecule has 0 N–H and O–H groups in total. The van der Waals surface area contributed by atoms with Gasteiger partial charge in [0.2, 0.25) is 0 Å². The lowest BCUT2D eigenvalue weighted by molar-refractivity contribution is -0.385. The lowest BCUT2D eigenvalue weighted by Crippen LogP contribution is -2.30. The first-order chi connectivity index (χ1) is 13.3. The first-order valence-corrected chi connectivity index (χ1v) is 9.00. The summed E-state index contributed by atoms with van der Waals surface area (Å²) in [5.41, 5.74) is 0.243. The number of carbonyl (C=O) groups is 2. The van der Waals surface area contributed by atoms with Crippen LogP contribution in [0, 0.1) is 17.0 Å². The molecule has 0 spiro atoms. The van der Waals surface area contributed by atoms with E-state index in [0.717, 1.165) is 22.6 Å². The summed E-state index contributed by atoms with van der Waals surface area (Å²) in [5, 5.41) is 13.2. The molecular weight excluding hydrogens is 388 g/mol. The topological polar surface area (TPSA) is 108 Å². The molecule has 150 valence electrons. The van der Waals surface area contributed by atoms with Crippen LogP contribution in [0.3, 0.4) is 0 Å². The second-order valence-electron chi connectivity index (χ2n) is 5.83. The normalized spacial score (nSPS) is 10.3. The van der Waals surface area contributed by atoms with Crippen molar-refractivity contribution in [3.63, 3.8) is 0 Å². The molecule has 0 fully saturated rings. The zero-order valence-electron chi connectivity index (χ0n) is 15.9. The molecule has 0 radical (unpaired) electrons. The SMILES string of the molecule is COc1cc(C(=O)OCC(=O)N(C)Cc2sccc2C)c([N+](=O)[O-])cc1OC. The van der Waals surface area contributed by atoms with Crippen molar-refractivity contribution in [1.29, 1.82) is 0 Å². The Labute approximate surface area is 165 Å². The Bertz CT molecular complexity index is 894. The van der Waals surface area contributed by atoms with E-state index in [1.165, 1.54) is 30.5 Å². The van der Waals surface area contributed by atoms with Crippen LogP contribution in [0.25, 0.3) is 0 Å². The fraction of sp³-hybridized carbons (Fsp3) is 0.333. The molecule has 0 unspecified atom stereocenters. The smallest absolute Gasteiger partial charge is 0.345 e. The molecule has 0 aliphatic heterocycles. The van der Waals surface area contributed by atoms with Crippen molar-refractivity contribution in [1.82, 2.24) is 4.90 Å². The van der Waals surface area contributed by atoms with Crippen LogP contribution in [0.15, 0.2) is 23.6 Å². The van der Waals surface area contributed by atoms with Crippen LogP contribution in [-0.2, 0) is 16.1 Å². The Morgan fingerprint density at radius 2 is 1.86 bits per heavy atom. The van der Waals surface area contributed by atoms with E-state index in [4.69, 9.17) is 14.2 Å². The van der Waals surface area contributed by atoms with Crippen LogP contribution >= 0.6 is 11.3 Å². The third-order valence-electron chi connectivity index (χ3n) is 4.02. The molecule has 1 heterocycles. The maximum atomic E-state index is 12.3. The largest absolute Gasteiger partial charge is 0.493 e. The van der Waals surface area contributed by atoms with Gasteiger partial charge in [0.25, 0.3) is 11.6 Å². The maximum absolute atomic E-state index is 12.3. The molecule has 0 aliphatic carbocycles. The highest BCUT2D eigenvalue weighted by Crippen LogP contribution is 2.34. The van der Waals surface area contributed by atoms with Gasteiger partial charge in [-0.3, -0.25) is 14.9 Å². The third-order valence-corrected chi connectivity index (χ3v) is 5.03.